The highest BCUT2D eigenvalue weighted by molar-refractivity contribution is 5.31. The van der Waals surface area contributed by atoms with Crippen molar-refractivity contribution in [1.82, 2.24) is 0 Å². The summed E-state index contributed by atoms with van der Waals surface area (Å²) in [6.07, 6.45) is 0. The molecule has 68 valence electrons. The first-order valence-electron chi connectivity index (χ1n) is 2.75. The first-order chi connectivity index (χ1) is 5.16. The van der Waals surface area contributed by atoms with Gasteiger partial charge in [-0.2, -0.15) is 4.39 Å². The molecule has 0 unspecified atom stereocenters. The molecule has 0 heterocycles. The number of hydrogen-bond donors (Lipinski definition) is 1. The molecule has 1 rings (SSSR count). The topological polar surface area (TPSA) is 39.7 Å². The Hall–Kier alpha value is -0.340. The number of nitrogens with two attached hydrogens (primary N) is 1. The van der Waals surface area contributed by atoms with Gasteiger partial charge < -0.3 is 34.7 Å². The minimum atomic E-state index is -1.62. The predicted molar refractivity (Wildman–Crippen MR) is 31.3 cm³/mol. The van der Waals surface area contributed by atoms with Crippen LogP contribution in [0.4, 0.5) is 18.9 Å². The van der Waals surface area contributed by atoms with Gasteiger partial charge in [-0.05, 0) is 6.07 Å². The average Bonchev–Trinajstić information content (AvgIpc) is 2.01. The van der Waals surface area contributed by atoms with E-state index < -0.39 is 23.1 Å². The Morgan fingerprint density at radius 2 is 1.67 bits per heavy atom. The van der Waals surface area contributed by atoms with Crippen LogP contribution in [0.15, 0.2) is 12.1 Å². The van der Waals surface area contributed by atoms with Crippen molar-refractivity contribution in [3.63, 3.8) is 0 Å². The van der Waals surface area contributed by atoms with Crippen molar-refractivity contribution in [2.45, 2.75) is 0 Å². The Labute approximate surface area is 83.4 Å². The van der Waals surface area contributed by atoms with Crippen molar-refractivity contribution in [3.05, 3.63) is 34.8 Å². The predicted octanol–water partition coefficient (Wildman–Crippen LogP) is -2.20. The Bertz CT molecular complexity index is 282. The van der Waals surface area contributed by atoms with E-state index in [1.54, 1.807) is 0 Å². The first-order valence-corrected chi connectivity index (χ1v) is 2.75. The first kappa shape index (κ1) is 11.7. The second-order valence-corrected chi connectivity index (χ2v) is 1.88. The smallest absolute Gasteiger partial charge is 0.222 e. The lowest BCUT2D eigenvalue weighted by Crippen LogP contribution is -3.00. The summed E-state index contributed by atoms with van der Waals surface area (Å²) in [7, 11) is 0. The van der Waals surface area contributed by atoms with Crippen LogP contribution in [0.2, 0.25) is 0 Å². The summed E-state index contributed by atoms with van der Waals surface area (Å²) in [4.78, 5) is 0. The van der Waals surface area contributed by atoms with Crippen molar-refractivity contribution in [3.8, 4) is 0 Å². The fourth-order valence-electron chi connectivity index (χ4n) is 0.632. The lowest BCUT2D eigenvalue weighted by molar-refractivity contribution is -0.499. The molecule has 0 atom stereocenters. The molecule has 0 aromatic heterocycles. The fourth-order valence-corrected chi connectivity index (χ4v) is 0.632. The molecule has 6 heteroatoms. The molecule has 0 amide bonds. The van der Waals surface area contributed by atoms with Crippen molar-refractivity contribution >= 4 is 5.69 Å². The molecule has 0 saturated heterocycles. The molecular formula is C6H4F3INO-. The quantitative estimate of drug-likeness (QED) is 0.271. The zero-order valence-electron chi connectivity index (χ0n) is 5.65. The van der Waals surface area contributed by atoms with Gasteiger partial charge in [0.15, 0.2) is 11.5 Å². The number of benzene rings is 1. The molecule has 0 aliphatic heterocycles. The molecule has 0 radical (unpaired) electrons. The Morgan fingerprint density at radius 1 is 1.08 bits per heavy atom. The van der Waals surface area contributed by atoms with Crippen LogP contribution in [-0.2, 0) is 0 Å². The minimum Gasteiger partial charge on any atom is -1.00 e. The van der Waals surface area contributed by atoms with Gasteiger partial charge in [0, 0.05) is 6.07 Å². The number of hydrogen-bond acceptors (Lipinski definition) is 1. The molecule has 0 aliphatic rings. The fraction of sp³-hybridized carbons (Fsp3) is 0. The van der Waals surface area contributed by atoms with Crippen molar-refractivity contribution in [2.75, 3.05) is 0 Å². The van der Waals surface area contributed by atoms with Gasteiger partial charge in [-0.25, -0.2) is 8.78 Å². The molecule has 1 aromatic carbocycles. The van der Waals surface area contributed by atoms with Crippen molar-refractivity contribution < 1.29 is 42.6 Å². The zero-order chi connectivity index (χ0) is 8.43. The van der Waals surface area contributed by atoms with Crippen LogP contribution in [0.3, 0.4) is 0 Å². The third-order valence-corrected chi connectivity index (χ3v) is 1.19. The molecule has 0 saturated carbocycles. The lowest BCUT2D eigenvalue weighted by Gasteiger charge is -2.02. The van der Waals surface area contributed by atoms with Gasteiger partial charge in [-0.3, -0.25) is 0 Å². The summed E-state index contributed by atoms with van der Waals surface area (Å²) in [5, 5.41) is 9.96. The van der Waals surface area contributed by atoms with E-state index in [4.69, 9.17) is 0 Å². The van der Waals surface area contributed by atoms with Gasteiger partial charge in [0.1, 0.15) is 0 Å². The van der Waals surface area contributed by atoms with E-state index in [0.717, 1.165) is 6.07 Å². The lowest BCUT2D eigenvalue weighted by atomic mass is 10.3. The van der Waals surface area contributed by atoms with E-state index in [2.05, 4.69) is 0 Å². The Kier molecular flexibility index (Phi) is 4.50. The van der Waals surface area contributed by atoms with Gasteiger partial charge in [0.25, 0.3) is 0 Å². The van der Waals surface area contributed by atoms with E-state index in [-0.39, 0.29) is 29.5 Å². The third-order valence-electron chi connectivity index (χ3n) is 1.19. The van der Waals surface area contributed by atoms with E-state index in [9.17, 15) is 18.4 Å². The summed E-state index contributed by atoms with van der Waals surface area (Å²) < 4.78 is 36.9. The Morgan fingerprint density at radius 3 is 2.17 bits per heavy atom. The van der Waals surface area contributed by atoms with Crippen LogP contribution >= 0.6 is 0 Å². The van der Waals surface area contributed by atoms with Crippen molar-refractivity contribution in [1.29, 1.82) is 0 Å². The van der Waals surface area contributed by atoms with Crippen molar-refractivity contribution in [2.24, 2.45) is 0 Å². The Balaban J connectivity index is 0.00000121. The molecule has 0 spiro atoms. The highest BCUT2D eigenvalue weighted by Crippen LogP contribution is 2.15. The molecule has 12 heavy (non-hydrogen) atoms. The highest BCUT2D eigenvalue weighted by atomic mass is 127. The van der Waals surface area contributed by atoms with E-state index in [0.29, 0.717) is 6.07 Å². The molecule has 2 N–H and O–H groups in total. The van der Waals surface area contributed by atoms with E-state index in [1.165, 1.54) is 0 Å². The molecule has 0 aliphatic carbocycles. The number of halogens is 4. The molecule has 1 aromatic rings. The maximum Gasteiger partial charge on any atom is 0.222 e. The van der Waals surface area contributed by atoms with Gasteiger partial charge >= 0.3 is 0 Å². The van der Waals surface area contributed by atoms with Gasteiger partial charge in [0.05, 0.1) is 0 Å². The second kappa shape index (κ2) is 4.63. The number of quaternary nitrogens is 1. The largest absolute Gasteiger partial charge is 1.00 e. The normalized spacial score (nSPS) is 9.33. The zero-order valence-corrected chi connectivity index (χ0v) is 7.81. The second-order valence-electron chi connectivity index (χ2n) is 1.88. The van der Waals surface area contributed by atoms with Gasteiger partial charge in [-0.15, -0.1) is 0 Å². The van der Waals surface area contributed by atoms with Gasteiger partial charge in [-0.1, -0.05) is 0 Å². The summed E-state index contributed by atoms with van der Waals surface area (Å²) in [5.41, 5.74) is -0.360. The van der Waals surface area contributed by atoms with Crippen LogP contribution in [0.5, 0.6) is 0 Å². The summed E-state index contributed by atoms with van der Waals surface area (Å²) in [6, 6.07) is 1.57. The maximum absolute atomic E-state index is 12.4. The molecule has 0 bridgehead atoms. The summed E-state index contributed by atoms with van der Waals surface area (Å²) in [5.74, 6) is -4.36. The summed E-state index contributed by atoms with van der Waals surface area (Å²) in [6.45, 7) is 0. The van der Waals surface area contributed by atoms with Crippen LogP contribution in [0, 0.1) is 22.7 Å². The maximum atomic E-state index is 12.4. The van der Waals surface area contributed by atoms with Crippen LogP contribution < -0.4 is 29.5 Å². The highest BCUT2D eigenvalue weighted by Gasteiger charge is 2.13. The SMILES string of the molecule is [I-].[O-][NH2+]c1ccc(F)c(F)c1F. The van der Waals surface area contributed by atoms with Crippen LogP contribution in [0.1, 0.15) is 0 Å². The standard InChI is InChI=1S/C6H4F3NO.HI/c7-3-1-2-4(10-11)6(9)5(3)8;/h1-2H,10H2;1H/p-1. The average molecular weight is 290 g/mol. The minimum absolute atomic E-state index is 0. The monoisotopic (exact) mass is 290 g/mol. The molecule has 2 nitrogen and oxygen atoms in total. The van der Waals surface area contributed by atoms with Crippen LogP contribution in [0.25, 0.3) is 0 Å². The molecule has 0 fully saturated rings. The van der Waals surface area contributed by atoms with E-state index in [1.807, 2.05) is 0 Å². The number of rotatable bonds is 1. The van der Waals surface area contributed by atoms with Crippen LogP contribution in [-0.4, -0.2) is 0 Å². The summed E-state index contributed by atoms with van der Waals surface area (Å²) >= 11 is 0. The van der Waals surface area contributed by atoms with Gasteiger partial charge in [0.2, 0.25) is 11.6 Å². The van der Waals surface area contributed by atoms with E-state index >= 15 is 0 Å². The third kappa shape index (κ3) is 2.08. The molecular weight excluding hydrogens is 286 g/mol.